The van der Waals surface area contributed by atoms with Gasteiger partial charge in [0.15, 0.2) is 0 Å². The quantitative estimate of drug-likeness (QED) is 0.591. The Balaban J connectivity index is 1.89. The van der Waals surface area contributed by atoms with Crippen LogP contribution >= 0.6 is 0 Å². The number of amides is 2. The average Bonchev–Trinajstić information content (AvgIpc) is 2.64. The van der Waals surface area contributed by atoms with Crippen LogP contribution in [0.2, 0.25) is 0 Å². The molecule has 2 rings (SSSR count). The molecule has 0 radical (unpaired) electrons. The zero-order valence-electron chi connectivity index (χ0n) is 15.2. The van der Waals surface area contributed by atoms with E-state index in [0.717, 1.165) is 11.3 Å². The van der Waals surface area contributed by atoms with Crippen LogP contribution in [0.25, 0.3) is 0 Å². The Bertz CT molecular complexity index is 766. The maximum Gasteiger partial charge on any atom is 0.271 e. The summed E-state index contributed by atoms with van der Waals surface area (Å²) in [5.41, 5.74) is 4.43. The number of benzene rings is 2. The van der Waals surface area contributed by atoms with Gasteiger partial charge in [-0.25, -0.2) is 5.43 Å². The molecular weight excluding hydrogens is 330 g/mol. The van der Waals surface area contributed by atoms with Gasteiger partial charge in [-0.05, 0) is 61.0 Å². The smallest absolute Gasteiger partial charge is 0.271 e. The lowest BCUT2D eigenvalue weighted by molar-refractivity contribution is -0.118. The van der Waals surface area contributed by atoms with Crippen LogP contribution in [0.4, 0.5) is 5.69 Å². The summed E-state index contributed by atoms with van der Waals surface area (Å²) in [6.45, 7) is 6.18. The number of rotatable bonds is 7. The van der Waals surface area contributed by atoms with Gasteiger partial charge in [0.1, 0.15) is 5.75 Å². The van der Waals surface area contributed by atoms with Crippen LogP contribution < -0.4 is 15.5 Å². The van der Waals surface area contributed by atoms with Gasteiger partial charge in [-0.2, -0.15) is 5.10 Å². The molecular formula is C20H23N3O3. The molecule has 0 spiro atoms. The summed E-state index contributed by atoms with van der Waals surface area (Å²) in [7, 11) is 0. The van der Waals surface area contributed by atoms with E-state index in [1.54, 1.807) is 30.5 Å². The minimum absolute atomic E-state index is 0.0674. The average molecular weight is 353 g/mol. The van der Waals surface area contributed by atoms with E-state index in [2.05, 4.69) is 15.8 Å². The molecule has 0 saturated carbocycles. The van der Waals surface area contributed by atoms with Crippen molar-refractivity contribution in [3.8, 4) is 5.75 Å². The van der Waals surface area contributed by atoms with Gasteiger partial charge < -0.3 is 10.1 Å². The van der Waals surface area contributed by atoms with Crippen LogP contribution in [0.1, 0.15) is 36.7 Å². The Hall–Kier alpha value is -3.15. The van der Waals surface area contributed by atoms with Crippen LogP contribution in [0.3, 0.4) is 0 Å². The molecule has 0 unspecified atom stereocenters. The summed E-state index contributed by atoms with van der Waals surface area (Å²) in [6.07, 6.45) is 1.56. The first kappa shape index (κ1) is 19.2. The molecule has 26 heavy (non-hydrogen) atoms. The number of nitrogens with zero attached hydrogens (tertiary/aromatic N) is 1. The van der Waals surface area contributed by atoms with Gasteiger partial charge in [0.25, 0.3) is 5.91 Å². The SMILES string of the molecule is CCOc1ccc(C=NNC(=O)c2ccc(NC(=O)C(C)C)cc2)cc1. The molecule has 0 fully saturated rings. The molecule has 2 aromatic rings. The molecule has 0 aliphatic rings. The molecule has 0 aromatic heterocycles. The number of nitrogens with one attached hydrogen (secondary N) is 2. The summed E-state index contributed by atoms with van der Waals surface area (Å²) >= 11 is 0. The number of carbonyl (C=O) groups excluding carboxylic acids is 2. The standard InChI is InChI=1S/C20H23N3O3/c1-4-26-18-11-5-15(6-12-18)13-21-23-20(25)16-7-9-17(10-8-16)22-19(24)14(2)3/h5-14H,4H2,1-3H3,(H,22,24)(H,23,25). The fourth-order valence-electron chi connectivity index (χ4n) is 2.04. The third kappa shape index (κ3) is 5.73. The van der Waals surface area contributed by atoms with Gasteiger partial charge in [-0.3, -0.25) is 9.59 Å². The van der Waals surface area contributed by atoms with Crippen LogP contribution in [0, 0.1) is 5.92 Å². The van der Waals surface area contributed by atoms with Gasteiger partial charge in [-0.1, -0.05) is 13.8 Å². The van der Waals surface area contributed by atoms with E-state index >= 15 is 0 Å². The number of hydrogen-bond acceptors (Lipinski definition) is 4. The van der Waals surface area contributed by atoms with Crippen molar-refractivity contribution in [1.82, 2.24) is 5.43 Å². The highest BCUT2D eigenvalue weighted by Gasteiger charge is 2.08. The van der Waals surface area contributed by atoms with Gasteiger partial charge in [0.05, 0.1) is 12.8 Å². The van der Waals surface area contributed by atoms with Gasteiger partial charge >= 0.3 is 0 Å². The zero-order valence-corrected chi connectivity index (χ0v) is 15.2. The van der Waals surface area contributed by atoms with Crippen LogP contribution in [0.5, 0.6) is 5.75 Å². The first-order chi connectivity index (χ1) is 12.5. The van der Waals surface area contributed by atoms with Crippen LogP contribution in [-0.2, 0) is 4.79 Å². The van der Waals surface area contributed by atoms with Gasteiger partial charge in [0, 0.05) is 17.2 Å². The van der Waals surface area contributed by atoms with Gasteiger partial charge in [-0.15, -0.1) is 0 Å². The molecule has 0 bridgehead atoms. The maximum atomic E-state index is 12.1. The zero-order chi connectivity index (χ0) is 18.9. The summed E-state index contributed by atoms with van der Waals surface area (Å²) in [6, 6.07) is 14.0. The molecule has 136 valence electrons. The molecule has 0 atom stereocenters. The van der Waals surface area contributed by atoms with E-state index < -0.39 is 0 Å². The lowest BCUT2D eigenvalue weighted by Gasteiger charge is -2.08. The van der Waals surface area contributed by atoms with Crippen molar-refractivity contribution in [1.29, 1.82) is 0 Å². The third-order valence-corrected chi connectivity index (χ3v) is 3.51. The highest BCUT2D eigenvalue weighted by molar-refractivity contribution is 5.96. The van der Waals surface area contributed by atoms with Crippen molar-refractivity contribution < 1.29 is 14.3 Å². The molecule has 0 aliphatic heterocycles. The second kappa shape index (κ2) is 9.36. The topological polar surface area (TPSA) is 79.8 Å². The second-order valence-corrected chi connectivity index (χ2v) is 5.92. The van der Waals surface area contributed by atoms with Crippen molar-refractivity contribution >= 4 is 23.7 Å². The van der Waals surface area contributed by atoms with Crippen molar-refractivity contribution in [3.05, 3.63) is 59.7 Å². The summed E-state index contributed by atoms with van der Waals surface area (Å²) < 4.78 is 5.37. The first-order valence-electron chi connectivity index (χ1n) is 8.46. The van der Waals surface area contributed by atoms with Crippen molar-refractivity contribution in [2.24, 2.45) is 11.0 Å². The lowest BCUT2D eigenvalue weighted by Crippen LogP contribution is -2.19. The predicted molar refractivity (Wildman–Crippen MR) is 103 cm³/mol. The fraction of sp³-hybridized carbons (Fsp3) is 0.250. The Morgan fingerprint density at radius 2 is 1.73 bits per heavy atom. The molecule has 6 nitrogen and oxygen atoms in total. The van der Waals surface area contributed by atoms with E-state index in [0.29, 0.717) is 17.9 Å². The normalized spacial score (nSPS) is 10.8. The maximum absolute atomic E-state index is 12.1. The van der Waals surface area contributed by atoms with Gasteiger partial charge in [0.2, 0.25) is 5.91 Å². The highest BCUT2D eigenvalue weighted by atomic mass is 16.5. The lowest BCUT2D eigenvalue weighted by atomic mass is 10.1. The van der Waals surface area contributed by atoms with Crippen molar-refractivity contribution in [3.63, 3.8) is 0 Å². The highest BCUT2D eigenvalue weighted by Crippen LogP contribution is 2.12. The van der Waals surface area contributed by atoms with Crippen LogP contribution in [-0.4, -0.2) is 24.6 Å². The molecule has 2 N–H and O–H groups in total. The Morgan fingerprint density at radius 3 is 2.31 bits per heavy atom. The first-order valence-corrected chi connectivity index (χ1v) is 8.46. The summed E-state index contributed by atoms with van der Waals surface area (Å²) in [5.74, 6) is 0.296. The number of hydrazone groups is 1. The number of carbonyl (C=O) groups is 2. The van der Waals surface area contributed by atoms with Crippen molar-refractivity contribution in [2.45, 2.75) is 20.8 Å². The number of ether oxygens (including phenoxy) is 1. The Kier molecular flexibility index (Phi) is 6.91. The number of hydrogen-bond donors (Lipinski definition) is 2. The van der Waals surface area contributed by atoms with Crippen LogP contribution in [0.15, 0.2) is 53.6 Å². The largest absolute Gasteiger partial charge is 0.494 e. The molecule has 6 heteroatoms. The van der Waals surface area contributed by atoms with Crippen molar-refractivity contribution in [2.75, 3.05) is 11.9 Å². The minimum atomic E-state index is -0.325. The second-order valence-electron chi connectivity index (χ2n) is 5.92. The van der Waals surface area contributed by atoms with E-state index in [1.807, 2.05) is 45.0 Å². The fourth-order valence-corrected chi connectivity index (χ4v) is 2.04. The van der Waals surface area contributed by atoms with E-state index in [-0.39, 0.29) is 17.7 Å². The summed E-state index contributed by atoms with van der Waals surface area (Å²) in [5, 5.41) is 6.73. The minimum Gasteiger partial charge on any atom is -0.494 e. The molecule has 0 aliphatic carbocycles. The third-order valence-electron chi connectivity index (χ3n) is 3.51. The number of anilines is 1. The monoisotopic (exact) mass is 353 g/mol. The summed E-state index contributed by atoms with van der Waals surface area (Å²) in [4.78, 5) is 23.7. The molecule has 2 amide bonds. The van der Waals surface area contributed by atoms with E-state index in [4.69, 9.17) is 4.74 Å². The Labute approximate surface area is 153 Å². The molecule has 0 heterocycles. The molecule has 2 aromatic carbocycles. The predicted octanol–water partition coefficient (Wildman–Crippen LogP) is 3.44. The van der Waals surface area contributed by atoms with E-state index in [1.165, 1.54) is 0 Å². The Morgan fingerprint density at radius 1 is 1.08 bits per heavy atom. The van der Waals surface area contributed by atoms with E-state index in [9.17, 15) is 9.59 Å². The molecule has 0 saturated heterocycles.